The Balaban J connectivity index is 1.19. The minimum Gasteiger partial charge on any atom is -0.367 e. The number of nitrogens with zero attached hydrogens (tertiary/aromatic N) is 2. The Morgan fingerprint density at radius 1 is 0.842 bits per heavy atom. The Kier molecular flexibility index (Phi) is 7.58. The van der Waals surface area contributed by atoms with Crippen LogP contribution in [-0.4, -0.2) is 48.0 Å². The maximum absolute atomic E-state index is 12.9. The van der Waals surface area contributed by atoms with Crippen molar-refractivity contribution in [3.63, 3.8) is 0 Å². The van der Waals surface area contributed by atoms with E-state index < -0.39 is 0 Å². The average Bonchev–Trinajstić information content (AvgIpc) is 2.93. The molecular formula is C30H27ClN4O2S. The summed E-state index contributed by atoms with van der Waals surface area (Å²) in [5, 5.41) is 8.42. The van der Waals surface area contributed by atoms with Gasteiger partial charge in [0, 0.05) is 43.0 Å². The summed E-state index contributed by atoms with van der Waals surface area (Å²) in [6.07, 6.45) is 0. The zero-order chi connectivity index (χ0) is 26.6. The van der Waals surface area contributed by atoms with Gasteiger partial charge in [-0.3, -0.25) is 14.9 Å². The molecule has 0 aliphatic carbocycles. The quantitative estimate of drug-likeness (QED) is 0.315. The van der Waals surface area contributed by atoms with E-state index in [1.807, 2.05) is 84.6 Å². The van der Waals surface area contributed by atoms with Gasteiger partial charge in [-0.15, -0.1) is 0 Å². The highest BCUT2D eigenvalue weighted by Gasteiger charge is 2.24. The lowest BCUT2D eigenvalue weighted by Gasteiger charge is -2.36. The van der Waals surface area contributed by atoms with Crippen LogP contribution in [0.25, 0.3) is 10.8 Å². The minimum atomic E-state index is -0.278. The Labute approximate surface area is 232 Å². The maximum Gasteiger partial charge on any atom is 0.258 e. The molecule has 192 valence electrons. The number of thiocarbonyl (C=S) groups is 1. The van der Waals surface area contributed by atoms with Crippen LogP contribution < -0.4 is 15.5 Å². The standard InChI is InChI=1S/C30H27ClN4O2S/c1-20-7-2-4-10-23(20)29(37)35-17-15-34(16-18-35)27-14-13-22(19-26(27)31)32-30(38)33-28(36)25-12-6-9-21-8-3-5-11-24(21)25/h2-14,19H,15-18H2,1H3,(H2,32,33,36,38). The van der Waals surface area contributed by atoms with Crippen molar-refractivity contribution in [3.05, 3.63) is 107 Å². The van der Waals surface area contributed by atoms with Crippen molar-refractivity contribution >= 4 is 62.9 Å². The number of rotatable bonds is 4. The average molecular weight is 543 g/mol. The van der Waals surface area contributed by atoms with E-state index in [2.05, 4.69) is 15.5 Å². The van der Waals surface area contributed by atoms with E-state index in [1.165, 1.54) is 0 Å². The highest BCUT2D eigenvalue weighted by Crippen LogP contribution is 2.30. The number of halogens is 1. The van der Waals surface area contributed by atoms with Gasteiger partial charge in [-0.25, -0.2) is 0 Å². The van der Waals surface area contributed by atoms with Crippen LogP contribution in [0.3, 0.4) is 0 Å². The van der Waals surface area contributed by atoms with Gasteiger partial charge in [-0.1, -0.05) is 66.2 Å². The molecule has 0 radical (unpaired) electrons. The number of fused-ring (bicyclic) bond motifs is 1. The van der Waals surface area contributed by atoms with Gasteiger partial charge in [0.1, 0.15) is 0 Å². The van der Waals surface area contributed by atoms with Crippen molar-refractivity contribution in [2.24, 2.45) is 0 Å². The second kappa shape index (κ2) is 11.2. The lowest BCUT2D eigenvalue weighted by molar-refractivity contribution is 0.0746. The van der Waals surface area contributed by atoms with Gasteiger partial charge in [0.25, 0.3) is 11.8 Å². The first-order valence-electron chi connectivity index (χ1n) is 12.4. The fourth-order valence-electron chi connectivity index (χ4n) is 4.73. The third kappa shape index (κ3) is 5.49. The van der Waals surface area contributed by atoms with Crippen LogP contribution >= 0.6 is 23.8 Å². The summed E-state index contributed by atoms with van der Waals surface area (Å²) in [5.41, 5.74) is 3.86. The minimum absolute atomic E-state index is 0.0625. The second-order valence-electron chi connectivity index (χ2n) is 9.20. The molecule has 4 aromatic carbocycles. The van der Waals surface area contributed by atoms with E-state index >= 15 is 0 Å². The van der Waals surface area contributed by atoms with Crippen molar-refractivity contribution in [1.82, 2.24) is 10.2 Å². The van der Waals surface area contributed by atoms with Crippen LogP contribution in [-0.2, 0) is 0 Å². The molecule has 0 bridgehead atoms. The Morgan fingerprint density at radius 3 is 2.29 bits per heavy atom. The van der Waals surface area contributed by atoms with Crippen LogP contribution in [0.5, 0.6) is 0 Å². The van der Waals surface area contributed by atoms with Gasteiger partial charge < -0.3 is 15.1 Å². The summed E-state index contributed by atoms with van der Waals surface area (Å²) in [7, 11) is 0. The normalized spacial score (nSPS) is 13.3. The van der Waals surface area contributed by atoms with E-state index in [9.17, 15) is 9.59 Å². The molecule has 38 heavy (non-hydrogen) atoms. The van der Waals surface area contributed by atoms with Crippen LogP contribution in [0.15, 0.2) is 84.9 Å². The molecule has 0 spiro atoms. The molecule has 0 aromatic heterocycles. The van der Waals surface area contributed by atoms with Crippen LogP contribution in [0.4, 0.5) is 11.4 Å². The SMILES string of the molecule is Cc1ccccc1C(=O)N1CCN(c2ccc(NC(=S)NC(=O)c3cccc4ccccc34)cc2Cl)CC1. The summed E-state index contributed by atoms with van der Waals surface area (Å²) in [4.78, 5) is 29.9. The highest BCUT2D eigenvalue weighted by atomic mass is 35.5. The topological polar surface area (TPSA) is 64.7 Å². The van der Waals surface area contributed by atoms with Crippen molar-refractivity contribution < 1.29 is 9.59 Å². The predicted molar refractivity (Wildman–Crippen MR) is 158 cm³/mol. The largest absolute Gasteiger partial charge is 0.367 e. The fourth-order valence-corrected chi connectivity index (χ4v) is 5.24. The van der Waals surface area contributed by atoms with Gasteiger partial charge in [0.2, 0.25) is 0 Å². The lowest BCUT2D eigenvalue weighted by atomic mass is 10.0. The number of hydrogen-bond acceptors (Lipinski definition) is 4. The molecule has 1 fully saturated rings. The molecule has 0 unspecified atom stereocenters. The summed E-state index contributed by atoms with van der Waals surface area (Å²) < 4.78 is 0. The van der Waals surface area contributed by atoms with Crippen molar-refractivity contribution in [1.29, 1.82) is 0 Å². The summed E-state index contributed by atoms with van der Waals surface area (Å²) in [6.45, 7) is 4.56. The van der Waals surface area contributed by atoms with E-state index in [1.54, 1.807) is 12.1 Å². The number of piperazine rings is 1. The molecule has 4 aromatic rings. The highest BCUT2D eigenvalue weighted by molar-refractivity contribution is 7.80. The number of carbonyl (C=O) groups is 2. The summed E-state index contributed by atoms with van der Waals surface area (Å²) in [5.74, 6) is -0.215. The lowest BCUT2D eigenvalue weighted by Crippen LogP contribution is -2.49. The Morgan fingerprint density at radius 2 is 1.53 bits per heavy atom. The van der Waals surface area contributed by atoms with E-state index in [0.29, 0.717) is 42.5 Å². The van der Waals surface area contributed by atoms with E-state index in [0.717, 1.165) is 27.6 Å². The molecule has 1 saturated heterocycles. The molecule has 1 heterocycles. The molecule has 2 amide bonds. The molecule has 1 aliphatic rings. The third-order valence-electron chi connectivity index (χ3n) is 6.75. The fraction of sp³-hybridized carbons (Fsp3) is 0.167. The number of hydrogen-bond donors (Lipinski definition) is 2. The van der Waals surface area contributed by atoms with E-state index in [-0.39, 0.29) is 16.9 Å². The Bertz CT molecular complexity index is 1530. The van der Waals surface area contributed by atoms with Crippen molar-refractivity contribution in [3.8, 4) is 0 Å². The van der Waals surface area contributed by atoms with E-state index in [4.69, 9.17) is 23.8 Å². The number of amides is 2. The first-order chi connectivity index (χ1) is 18.4. The number of anilines is 2. The number of aryl methyl sites for hydroxylation is 1. The first kappa shape index (κ1) is 25.7. The molecule has 2 N–H and O–H groups in total. The molecular weight excluding hydrogens is 516 g/mol. The van der Waals surface area contributed by atoms with Gasteiger partial charge >= 0.3 is 0 Å². The number of nitrogens with one attached hydrogen (secondary N) is 2. The zero-order valence-corrected chi connectivity index (χ0v) is 22.5. The summed E-state index contributed by atoms with van der Waals surface area (Å²) >= 11 is 12.0. The van der Waals surface area contributed by atoms with Crippen LogP contribution in [0, 0.1) is 6.92 Å². The third-order valence-corrected chi connectivity index (χ3v) is 7.26. The zero-order valence-electron chi connectivity index (χ0n) is 20.9. The second-order valence-corrected chi connectivity index (χ2v) is 10.0. The molecule has 8 heteroatoms. The van der Waals surface area contributed by atoms with Gasteiger partial charge in [-0.05, 0) is 65.8 Å². The number of benzene rings is 4. The van der Waals surface area contributed by atoms with Crippen LogP contribution in [0.2, 0.25) is 5.02 Å². The van der Waals surface area contributed by atoms with Gasteiger partial charge in [0.15, 0.2) is 5.11 Å². The van der Waals surface area contributed by atoms with Gasteiger partial charge in [0.05, 0.1) is 10.7 Å². The maximum atomic E-state index is 12.9. The summed E-state index contributed by atoms with van der Waals surface area (Å²) in [6, 6.07) is 26.6. The Hall–Kier alpha value is -3.94. The molecule has 5 rings (SSSR count). The molecule has 0 saturated carbocycles. The molecule has 6 nitrogen and oxygen atoms in total. The first-order valence-corrected chi connectivity index (χ1v) is 13.2. The smallest absolute Gasteiger partial charge is 0.258 e. The van der Waals surface area contributed by atoms with Gasteiger partial charge in [-0.2, -0.15) is 0 Å². The predicted octanol–water partition coefficient (Wildman–Crippen LogP) is 5.89. The van der Waals surface area contributed by atoms with Crippen LogP contribution in [0.1, 0.15) is 26.3 Å². The molecule has 1 aliphatic heterocycles. The molecule has 0 atom stereocenters. The van der Waals surface area contributed by atoms with Crippen molar-refractivity contribution in [2.75, 3.05) is 36.4 Å². The van der Waals surface area contributed by atoms with Crippen molar-refractivity contribution in [2.45, 2.75) is 6.92 Å². The monoisotopic (exact) mass is 542 g/mol. The number of carbonyl (C=O) groups excluding carboxylic acids is 2.